The third-order valence-corrected chi connectivity index (χ3v) is 5.30. The Balaban J connectivity index is 1.83. The van der Waals surface area contributed by atoms with Gasteiger partial charge in [0.15, 0.2) is 18.1 Å². The van der Waals surface area contributed by atoms with Crippen molar-refractivity contribution >= 4 is 29.9 Å². The number of benzene rings is 1. The molecule has 1 aromatic rings. The van der Waals surface area contributed by atoms with E-state index < -0.39 is 23.8 Å². The molecule has 32 heavy (non-hydrogen) atoms. The lowest BCUT2D eigenvalue weighted by Gasteiger charge is -2.35. The van der Waals surface area contributed by atoms with Crippen LogP contribution in [0.4, 0.5) is 4.79 Å². The highest BCUT2D eigenvalue weighted by Crippen LogP contribution is 2.31. The molecule has 1 aliphatic heterocycles. The minimum absolute atomic E-state index is 0.113. The predicted molar refractivity (Wildman–Crippen MR) is 115 cm³/mol. The third kappa shape index (κ3) is 5.46. The van der Waals surface area contributed by atoms with E-state index in [1.165, 1.54) is 11.0 Å². The molecule has 172 valence electrons. The summed E-state index contributed by atoms with van der Waals surface area (Å²) in [6.45, 7) is 3.83. The van der Waals surface area contributed by atoms with Crippen molar-refractivity contribution < 1.29 is 33.4 Å². The summed E-state index contributed by atoms with van der Waals surface area (Å²) >= 11 is 0. The summed E-state index contributed by atoms with van der Waals surface area (Å²) in [4.78, 5) is 50.5. The molecule has 4 amide bonds. The minimum atomic E-state index is -0.729. The number of esters is 1. The lowest BCUT2D eigenvalue weighted by molar-refractivity contribution is -0.145. The van der Waals surface area contributed by atoms with Crippen LogP contribution in [0.2, 0.25) is 0 Å². The first-order valence-corrected chi connectivity index (χ1v) is 10.9. The molecule has 3 rings (SSSR count). The van der Waals surface area contributed by atoms with Gasteiger partial charge in [0.1, 0.15) is 5.57 Å². The molecule has 9 nitrogen and oxygen atoms in total. The Labute approximate surface area is 186 Å². The van der Waals surface area contributed by atoms with E-state index in [0.29, 0.717) is 23.7 Å². The van der Waals surface area contributed by atoms with Gasteiger partial charge in [-0.15, -0.1) is 0 Å². The maximum atomic E-state index is 13.0. The first-order valence-electron chi connectivity index (χ1n) is 10.9. The molecule has 0 aromatic heterocycles. The van der Waals surface area contributed by atoms with E-state index in [4.69, 9.17) is 14.2 Å². The van der Waals surface area contributed by atoms with Gasteiger partial charge in [-0.25, -0.2) is 9.59 Å². The number of rotatable bonds is 8. The Morgan fingerprint density at radius 1 is 1.06 bits per heavy atom. The van der Waals surface area contributed by atoms with Gasteiger partial charge in [-0.2, -0.15) is 0 Å². The van der Waals surface area contributed by atoms with Gasteiger partial charge < -0.3 is 14.2 Å². The summed E-state index contributed by atoms with van der Waals surface area (Å²) in [6, 6.07) is 3.97. The number of carbonyl (C=O) groups is 4. The normalized spacial score (nSPS) is 18.5. The molecule has 1 heterocycles. The van der Waals surface area contributed by atoms with E-state index >= 15 is 0 Å². The average molecular weight is 444 g/mol. The molecule has 1 aliphatic carbocycles. The molecule has 0 spiro atoms. The van der Waals surface area contributed by atoms with Crippen LogP contribution in [0.5, 0.6) is 11.5 Å². The molecule has 1 aromatic carbocycles. The maximum Gasteiger partial charge on any atom is 0.344 e. The molecule has 2 aliphatic rings. The Kier molecular flexibility index (Phi) is 7.86. The van der Waals surface area contributed by atoms with Crippen LogP contribution in [-0.2, 0) is 19.1 Å². The van der Waals surface area contributed by atoms with Gasteiger partial charge in [0.2, 0.25) is 0 Å². The average Bonchev–Trinajstić information content (AvgIpc) is 2.77. The van der Waals surface area contributed by atoms with Crippen molar-refractivity contribution in [3.05, 3.63) is 29.3 Å². The summed E-state index contributed by atoms with van der Waals surface area (Å²) < 4.78 is 15.9. The summed E-state index contributed by atoms with van der Waals surface area (Å²) in [5.74, 6) is -1.13. The molecule has 0 bridgehead atoms. The number of barbiturate groups is 1. The standard InChI is InChI=1S/C23H28N2O7/c1-3-30-19-13-15(10-11-18(19)32-14-20(26)31-4-2)12-17-21(27)24-23(29)25(22(17)28)16-8-6-5-7-9-16/h10-13,16H,3-9,14H2,1-2H3,(H,24,27,29). The highest BCUT2D eigenvalue weighted by molar-refractivity contribution is 6.31. The molecule has 1 saturated carbocycles. The number of nitrogens with zero attached hydrogens (tertiary/aromatic N) is 1. The lowest BCUT2D eigenvalue weighted by atomic mass is 9.93. The van der Waals surface area contributed by atoms with Crippen molar-refractivity contribution in [3.63, 3.8) is 0 Å². The topological polar surface area (TPSA) is 111 Å². The van der Waals surface area contributed by atoms with Gasteiger partial charge in [-0.05, 0) is 50.5 Å². The van der Waals surface area contributed by atoms with Crippen molar-refractivity contribution in [1.82, 2.24) is 10.2 Å². The molecule has 0 unspecified atom stereocenters. The second kappa shape index (κ2) is 10.8. The highest BCUT2D eigenvalue weighted by Gasteiger charge is 2.40. The van der Waals surface area contributed by atoms with Gasteiger partial charge >= 0.3 is 12.0 Å². The van der Waals surface area contributed by atoms with Crippen molar-refractivity contribution in [2.75, 3.05) is 19.8 Å². The number of carbonyl (C=O) groups excluding carboxylic acids is 4. The van der Waals surface area contributed by atoms with Crippen molar-refractivity contribution in [2.45, 2.75) is 52.0 Å². The predicted octanol–water partition coefficient (Wildman–Crippen LogP) is 2.82. The Morgan fingerprint density at radius 3 is 2.50 bits per heavy atom. The fourth-order valence-corrected chi connectivity index (χ4v) is 3.85. The van der Waals surface area contributed by atoms with Crippen LogP contribution < -0.4 is 14.8 Å². The second-order valence-corrected chi connectivity index (χ2v) is 7.52. The van der Waals surface area contributed by atoms with E-state index in [-0.39, 0.29) is 24.8 Å². The van der Waals surface area contributed by atoms with E-state index in [1.54, 1.807) is 32.0 Å². The molecular formula is C23H28N2O7. The molecular weight excluding hydrogens is 416 g/mol. The van der Waals surface area contributed by atoms with Gasteiger partial charge in [-0.1, -0.05) is 25.3 Å². The number of hydrogen-bond donors (Lipinski definition) is 1. The van der Waals surface area contributed by atoms with E-state index in [1.807, 2.05) is 0 Å². The number of imide groups is 2. The Hall–Kier alpha value is -3.36. The number of urea groups is 1. The van der Waals surface area contributed by atoms with E-state index in [2.05, 4.69) is 5.32 Å². The molecule has 2 fully saturated rings. The van der Waals surface area contributed by atoms with Crippen LogP contribution in [0.25, 0.3) is 6.08 Å². The summed E-state index contributed by atoms with van der Waals surface area (Å²) in [5, 5.41) is 2.27. The minimum Gasteiger partial charge on any atom is -0.490 e. The summed E-state index contributed by atoms with van der Waals surface area (Å²) in [5.41, 5.74) is 0.409. The van der Waals surface area contributed by atoms with Crippen molar-refractivity contribution in [2.24, 2.45) is 0 Å². The quantitative estimate of drug-likeness (QED) is 0.373. The molecule has 0 radical (unpaired) electrons. The monoisotopic (exact) mass is 444 g/mol. The first kappa shape index (κ1) is 23.3. The molecule has 1 N–H and O–H groups in total. The lowest BCUT2D eigenvalue weighted by Crippen LogP contribution is -2.58. The van der Waals surface area contributed by atoms with Crippen LogP contribution in [-0.4, -0.2) is 54.6 Å². The Bertz CT molecular complexity index is 919. The van der Waals surface area contributed by atoms with Crippen LogP contribution in [0, 0.1) is 0 Å². The van der Waals surface area contributed by atoms with Gasteiger partial charge in [0.25, 0.3) is 11.8 Å². The summed E-state index contributed by atoms with van der Waals surface area (Å²) in [7, 11) is 0. The molecule has 1 saturated heterocycles. The van der Waals surface area contributed by atoms with Crippen molar-refractivity contribution in [1.29, 1.82) is 0 Å². The number of ether oxygens (including phenoxy) is 3. The second-order valence-electron chi connectivity index (χ2n) is 7.52. The maximum absolute atomic E-state index is 13.0. The fourth-order valence-electron chi connectivity index (χ4n) is 3.85. The van der Waals surface area contributed by atoms with Crippen LogP contribution in [0.1, 0.15) is 51.5 Å². The zero-order chi connectivity index (χ0) is 23.1. The van der Waals surface area contributed by atoms with E-state index in [9.17, 15) is 19.2 Å². The van der Waals surface area contributed by atoms with Crippen molar-refractivity contribution in [3.8, 4) is 11.5 Å². The van der Waals surface area contributed by atoms with Crippen LogP contribution in [0.3, 0.4) is 0 Å². The van der Waals surface area contributed by atoms with Gasteiger partial charge in [0, 0.05) is 6.04 Å². The zero-order valence-corrected chi connectivity index (χ0v) is 18.3. The zero-order valence-electron chi connectivity index (χ0n) is 18.3. The number of nitrogens with one attached hydrogen (secondary N) is 1. The van der Waals surface area contributed by atoms with Gasteiger partial charge in [0.05, 0.1) is 13.2 Å². The van der Waals surface area contributed by atoms with Crippen LogP contribution >= 0.6 is 0 Å². The fraction of sp³-hybridized carbons (Fsp3) is 0.478. The number of amides is 4. The molecule has 9 heteroatoms. The third-order valence-electron chi connectivity index (χ3n) is 5.30. The van der Waals surface area contributed by atoms with Crippen LogP contribution in [0.15, 0.2) is 23.8 Å². The number of hydrogen-bond acceptors (Lipinski definition) is 7. The first-order chi connectivity index (χ1) is 15.4. The SMILES string of the molecule is CCOC(=O)COc1ccc(C=C2C(=O)NC(=O)N(C3CCCCC3)C2=O)cc1OCC. The largest absolute Gasteiger partial charge is 0.490 e. The smallest absolute Gasteiger partial charge is 0.344 e. The highest BCUT2D eigenvalue weighted by atomic mass is 16.6. The van der Waals surface area contributed by atoms with Gasteiger partial charge in [-0.3, -0.25) is 19.8 Å². The summed E-state index contributed by atoms with van der Waals surface area (Å²) in [6.07, 6.45) is 5.87. The van der Waals surface area contributed by atoms with E-state index in [0.717, 1.165) is 32.1 Å². The Morgan fingerprint density at radius 2 is 1.81 bits per heavy atom. The molecule has 0 atom stereocenters.